The third-order valence-corrected chi connectivity index (χ3v) is 4.04. The van der Waals surface area contributed by atoms with E-state index in [0.717, 1.165) is 6.07 Å². The smallest absolute Gasteiger partial charge is 0.416 e. The average Bonchev–Trinajstić information content (AvgIpc) is 2.67. The molecule has 0 fully saturated rings. The summed E-state index contributed by atoms with van der Waals surface area (Å²) in [5.41, 5.74) is -1.01. The second-order valence-corrected chi connectivity index (χ2v) is 6.19. The highest BCUT2D eigenvalue weighted by atomic mass is 19.4. The number of nitrogens with zero attached hydrogens (tertiary/aromatic N) is 1. The lowest BCUT2D eigenvalue weighted by molar-refractivity contribution is -0.141. The van der Waals surface area contributed by atoms with Crippen LogP contribution in [0.2, 0.25) is 0 Å². The fourth-order valence-electron chi connectivity index (χ4n) is 2.52. The van der Waals surface area contributed by atoms with Crippen molar-refractivity contribution in [1.82, 2.24) is 15.6 Å². The van der Waals surface area contributed by atoms with E-state index in [0.29, 0.717) is 0 Å². The third kappa shape index (κ3) is 6.03. The summed E-state index contributed by atoms with van der Waals surface area (Å²) in [4.78, 5) is 39.6. The number of carboxylic acid groups (broad SMARTS) is 1. The maximum Gasteiger partial charge on any atom is 0.416 e. The van der Waals surface area contributed by atoms with Crippen molar-refractivity contribution < 1.29 is 32.7 Å². The molecule has 7 nitrogen and oxygen atoms in total. The van der Waals surface area contributed by atoms with Gasteiger partial charge in [0.25, 0.3) is 5.91 Å². The number of nitrogens with one attached hydrogen (secondary N) is 2. The first-order chi connectivity index (χ1) is 13.6. The van der Waals surface area contributed by atoms with Crippen LogP contribution >= 0.6 is 0 Å². The predicted octanol–water partition coefficient (Wildman–Crippen LogP) is 2.03. The lowest BCUT2D eigenvalue weighted by Crippen LogP contribution is -2.51. The Kier molecular flexibility index (Phi) is 6.92. The Balaban J connectivity index is 2.31. The van der Waals surface area contributed by atoms with Crippen molar-refractivity contribution in [3.05, 3.63) is 65.5 Å². The number of hydrogen-bond donors (Lipinski definition) is 3. The summed E-state index contributed by atoms with van der Waals surface area (Å²) in [6.45, 7) is 1.20. The fraction of sp³-hybridized carbons (Fsp3) is 0.263. The first-order valence-electron chi connectivity index (χ1n) is 8.48. The minimum absolute atomic E-state index is 0.146. The topological polar surface area (TPSA) is 108 Å². The molecular formula is C19H18F3N3O4. The SMILES string of the molecule is CC(NC(=O)C(Cc1ccccc1C(F)(F)F)NC(=O)c1ccncc1)C(=O)O. The fourth-order valence-corrected chi connectivity index (χ4v) is 2.52. The second-order valence-electron chi connectivity index (χ2n) is 6.19. The number of pyridine rings is 1. The standard InChI is InChI=1S/C19H18F3N3O4/c1-11(18(28)29)24-17(27)15(25-16(26)12-6-8-23-9-7-12)10-13-4-2-3-5-14(13)19(20,21)22/h2-9,11,15H,10H2,1H3,(H,24,27)(H,25,26)(H,28,29). The van der Waals surface area contributed by atoms with Crippen LogP contribution in [-0.4, -0.2) is 40.0 Å². The number of carbonyl (C=O) groups is 3. The van der Waals surface area contributed by atoms with Crippen LogP contribution in [0.25, 0.3) is 0 Å². The highest BCUT2D eigenvalue weighted by Gasteiger charge is 2.34. The summed E-state index contributed by atoms with van der Waals surface area (Å²) in [5.74, 6) is -2.95. The lowest BCUT2D eigenvalue weighted by Gasteiger charge is -2.22. The van der Waals surface area contributed by atoms with Gasteiger partial charge in [0.15, 0.2) is 0 Å². The van der Waals surface area contributed by atoms with E-state index in [2.05, 4.69) is 15.6 Å². The molecule has 0 aliphatic rings. The molecule has 1 aromatic carbocycles. The summed E-state index contributed by atoms with van der Waals surface area (Å²) >= 11 is 0. The van der Waals surface area contributed by atoms with Gasteiger partial charge in [-0.05, 0) is 30.7 Å². The largest absolute Gasteiger partial charge is 0.480 e. The number of halogens is 3. The van der Waals surface area contributed by atoms with Crippen LogP contribution < -0.4 is 10.6 Å². The third-order valence-electron chi connectivity index (χ3n) is 4.04. The van der Waals surface area contributed by atoms with Crippen molar-refractivity contribution in [3.63, 3.8) is 0 Å². The molecule has 10 heteroatoms. The molecule has 2 unspecified atom stereocenters. The quantitative estimate of drug-likeness (QED) is 0.649. The maximum absolute atomic E-state index is 13.3. The molecule has 29 heavy (non-hydrogen) atoms. The molecule has 2 aromatic rings. The van der Waals surface area contributed by atoms with E-state index in [-0.39, 0.29) is 11.1 Å². The normalized spacial score (nSPS) is 13.2. The summed E-state index contributed by atoms with van der Waals surface area (Å²) in [7, 11) is 0. The minimum atomic E-state index is -4.65. The van der Waals surface area contributed by atoms with Crippen LogP contribution in [0, 0.1) is 0 Å². The zero-order valence-electron chi connectivity index (χ0n) is 15.2. The van der Waals surface area contributed by atoms with Gasteiger partial charge in [-0.3, -0.25) is 19.4 Å². The van der Waals surface area contributed by atoms with E-state index in [9.17, 15) is 27.6 Å². The Labute approximate surface area is 164 Å². The van der Waals surface area contributed by atoms with Crippen molar-refractivity contribution >= 4 is 17.8 Å². The van der Waals surface area contributed by atoms with Crippen LogP contribution in [0.1, 0.15) is 28.4 Å². The van der Waals surface area contributed by atoms with Gasteiger partial charge in [-0.2, -0.15) is 13.2 Å². The molecule has 0 saturated heterocycles. The molecule has 1 aromatic heterocycles. The maximum atomic E-state index is 13.3. The monoisotopic (exact) mass is 409 g/mol. The van der Waals surface area contributed by atoms with Gasteiger partial charge in [0.1, 0.15) is 12.1 Å². The Hall–Kier alpha value is -3.43. The predicted molar refractivity (Wildman–Crippen MR) is 95.9 cm³/mol. The molecule has 0 spiro atoms. The first kappa shape index (κ1) is 21.9. The number of amides is 2. The lowest BCUT2D eigenvalue weighted by atomic mass is 9.98. The molecule has 154 valence electrons. The van der Waals surface area contributed by atoms with E-state index < -0.39 is 48.0 Å². The zero-order chi connectivity index (χ0) is 21.6. The van der Waals surface area contributed by atoms with Gasteiger partial charge >= 0.3 is 12.1 Å². The van der Waals surface area contributed by atoms with Crippen molar-refractivity contribution in [3.8, 4) is 0 Å². The molecular weight excluding hydrogens is 391 g/mol. The van der Waals surface area contributed by atoms with Crippen LogP contribution in [0.5, 0.6) is 0 Å². The number of carboxylic acids is 1. The van der Waals surface area contributed by atoms with Crippen LogP contribution in [-0.2, 0) is 22.2 Å². The number of carbonyl (C=O) groups excluding carboxylic acids is 2. The number of rotatable bonds is 7. The summed E-state index contributed by atoms with van der Waals surface area (Å²) in [6, 6.07) is 4.67. The van der Waals surface area contributed by atoms with E-state index in [1.54, 1.807) is 0 Å². The summed E-state index contributed by atoms with van der Waals surface area (Å²) < 4.78 is 39.8. The van der Waals surface area contributed by atoms with Gasteiger partial charge in [-0.15, -0.1) is 0 Å². The molecule has 0 bridgehead atoms. The van der Waals surface area contributed by atoms with E-state index >= 15 is 0 Å². The molecule has 3 N–H and O–H groups in total. The summed E-state index contributed by atoms with van der Waals surface area (Å²) in [6.07, 6.45) is -2.45. The number of alkyl halides is 3. The first-order valence-corrected chi connectivity index (χ1v) is 8.48. The zero-order valence-corrected chi connectivity index (χ0v) is 15.2. The average molecular weight is 409 g/mol. The number of benzene rings is 1. The van der Waals surface area contributed by atoms with Crippen LogP contribution in [0.15, 0.2) is 48.8 Å². The van der Waals surface area contributed by atoms with Crippen molar-refractivity contribution in [2.75, 3.05) is 0 Å². The van der Waals surface area contributed by atoms with Gasteiger partial charge in [0.2, 0.25) is 5.91 Å². The molecule has 0 saturated carbocycles. The molecule has 2 amide bonds. The molecule has 2 atom stereocenters. The molecule has 0 aliphatic heterocycles. The van der Waals surface area contributed by atoms with Gasteiger partial charge < -0.3 is 15.7 Å². The minimum Gasteiger partial charge on any atom is -0.480 e. The molecule has 1 heterocycles. The Morgan fingerprint density at radius 1 is 1.07 bits per heavy atom. The van der Waals surface area contributed by atoms with E-state index in [1.165, 1.54) is 49.6 Å². The Morgan fingerprint density at radius 2 is 1.69 bits per heavy atom. The van der Waals surface area contributed by atoms with Gasteiger partial charge in [0, 0.05) is 24.4 Å². The van der Waals surface area contributed by atoms with Crippen molar-refractivity contribution in [2.24, 2.45) is 0 Å². The van der Waals surface area contributed by atoms with E-state index in [4.69, 9.17) is 5.11 Å². The van der Waals surface area contributed by atoms with E-state index in [1.807, 2.05) is 0 Å². The molecule has 0 aliphatic carbocycles. The summed E-state index contributed by atoms with van der Waals surface area (Å²) in [5, 5.41) is 13.5. The van der Waals surface area contributed by atoms with Crippen molar-refractivity contribution in [1.29, 1.82) is 0 Å². The molecule has 2 rings (SSSR count). The highest BCUT2D eigenvalue weighted by Crippen LogP contribution is 2.32. The number of aliphatic carboxylic acids is 1. The molecule has 0 radical (unpaired) electrons. The second kappa shape index (κ2) is 9.18. The number of aromatic nitrogens is 1. The van der Waals surface area contributed by atoms with Crippen LogP contribution in [0.4, 0.5) is 13.2 Å². The number of hydrogen-bond acceptors (Lipinski definition) is 4. The van der Waals surface area contributed by atoms with Gasteiger partial charge in [-0.25, -0.2) is 0 Å². The highest BCUT2D eigenvalue weighted by molar-refractivity contribution is 5.98. The van der Waals surface area contributed by atoms with Gasteiger partial charge in [-0.1, -0.05) is 18.2 Å². The Bertz CT molecular complexity index is 888. The van der Waals surface area contributed by atoms with Crippen LogP contribution in [0.3, 0.4) is 0 Å². The van der Waals surface area contributed by atoms with Crippen molar-refractivity contribution in [2.45, 2.75) is 31.6 Å². The Morgan fingerprint density at radius 3 is 2.28 bits per heavy atom. The van der Waals surface area contributed by atoms with Gasteiger partial charge in [0.05, 0.1) is 5.56 Å².